The molecule has 9 aliphatic carbocycles. The van der Waals surface area contributed by atoms with Crippen LogP contribution in [0.1, 0.15) is 86.0 Å². The van der Waals surface area contributed by atoms with Gasteiger partial charge in [0.1, 0.15) is 0 Å². The van der Waals surface area contributed by atoms with E-state index in [0.29, 0.717) is 11.8 Å². The Labute approximate surface area is 302 Å². The van der Waals surface area contributed by atoms with Gasteiger partial charge < -0.3 is 0 Å². The lowest BCUT2D eigenvalue weighted by Crippen LogP contribution is -2.14. The van der Waals surface area contributed by atoms with Crippen molar-refractivity contribution in [3.63, 3.8) is 0 Å². The fourth-order valence-corrected chi connectivity index (χ4v) is 11.0. The molecular weight excluding hydrogens is 633 g/mol. The molecule has 2 aromatic carbocycles. The zero-order chi connectivity index (χ0) is 33.7. The Hall–Kier alpha value is -5.48. The molecule has 0 radical (unpaired) electrons. The molecule has 4 unspecified atom stereocenters. The third-order valence-corrected chi connectivity index (χ3v) is 13.6. The van der Waals surface area contributed by atoms with Gasteiger partial charge in [0.05, 0.1) is 44.8 Å². The smallest absolute Gasteiger partial charge is 0.0894 e. The molecule has 8 bridgehead atoms. The molecule has 9 aliphatic rings. The predicted octanol–water partition coefficient (Wildman–Crippen LogP) is 10.8. The van der Waals surface area contributed by atoms with Crippen molar-refractivity contribution < 1.29 is 0 Å². The van der Waals surface area contributed by atoms with Gasteiger partial charge in [-0.2, -0.15) is 0 Å². The van der Waals surface area contributed by atoms with Gasteiger partial charge in [-0.25, -0.2) is 19.9 Å². The molecule has 0 saturated heterocycles. The molecule has 4 atom stereocenters. The van der Waals surface area contributed by atoms with E-state index in [0.717, 1.165) is 84.8 Å². The van der Waals surface area contributed by atoms with Crippen LogP contribution in [0.4, 0.5) is 0 Å². The van der Waals surface area contributed by atoms with Gasteiger partial charge in [0, 0.05) is 23.7 Å². The van der Waals surface area contributed by atoms with E-state index in [4.69, 9.17) is 19.9 Å². The number of allylic oxidation sites excluding steroid dienone is 20. The first-order valence-electron chi connectivity index (χ1n) is 19.3. The van der Waals surface area contributed by atoms with Gasteiger partial charge >= 0.3 is 0 Å². The summed E-state index contributed by atoms with van der Waals surface area (Å²) < 4.78 is 0. The van der Waals surface area contributed by atoms with Crippen LogP contribution in [0.3, 0.4) is 0 Å². The molecule has 4 nitrogen and oxygen atoms in total. The number of para-hydroxylation sites is 4. The van der Waals surface area contributed by atoms with E-state index >= 15 is 0 Å². The molecule has 2 aromatic heterocycles. The van der Waals surface area contributed by atoms with Crippen LogP contribution in [-0.2, 0) is 0 Å². The van der Waals surface area contributed by atoms with Crippen LogP contribution < -0.4 is 0 Å². The lowest BCUT2D eigenvalue weighted by atomic mass is 9.75. The minimum atomic E-state index is 0.230. The molecule has 248 valence electrons. The largest absolute Gasteiger partial charge is 0.248 e. The topological polar surface area (TPSA) is 51.6 Å². The molecule has 0 N–H and O–H groups in total. The van der Waals surface area contributed by atoms with Gasteiger partial charge in [0.25, 0.3) is 0 Å². The SMILES string of the molecule is C1=CC2CC3=C4C=C2CC2=C1CC1C(=C2)CC2=C(CC5C=CC6=C(C=C(C4)C(C6)c4nc6ccccc6nc43)CC5=C2)c2nc3ccccc3nc21. The monoisotopic (exact) mass is 668 g/mol. The molecule has 4 aromatic rings. The summed E-state index contributed by atoms with van der Waals surface area (Å²) in [7, 11) is 0. The van der Waals surface area contributed by atoms with Crippen molar-refractivity contribution >= 4 is 33.2 Å². The van der Waals surface area contributed by atoms with Gasteiger partial charge in [0.2, 0.25) is 0 Å². The third kappa shape index (κ3) is 3.93. The van der Waals surface area contributed by atoms with E-state index in [9.17, 15) is 0 Å². The highest BCUT2D eigenvalue weighted by atomic mass is 14.9. The second-order valence-electron chi connectivity index (χ2n) is 16.4. The van der Waals surface area contributed by atoms with Crippen LogP contribution in [0.15, 0.2) is 153 Å². The first kappa shape index (κ1) is 28.1. The fourth-order valence-electron chi connectivity index (χ4n) is 11.0. The van der Waals surface area contributed by atoms with Crippen molar-refractivity contribution in [3.8, 4) is 0 Å². The van der Waals surface area contributed by atoms with E-state index in [1.165, 1.54) is 67.1 Å². The molecule has 2 heterocycles. The number of nitrogens with zero attached hydrogens (tertiary/aromatic N) is 4. The molecule has 0 fully saturated rings. The summed E-state index contributed by atoms with van der Waals surface area (Å²) in [5, 5.41) is 0. The highest BCUT2D eigenvalue weighted by molar-refractivity contribution is 5.84. The number of rotatable bonds is 0. The summed E-state index contributed by atoms with van der Waals surface area (Å²) in [6.07, 6.45) is 28.2. The molecule has 13 rings (SSSR count). The Morgan fingerprint density at radius 3 is 1.27 bits per heavy atom. The number of hydrogen-bond acceptors (Lipinski definition) is 4. The van der Waals surface area contributed by atoms with E-state index in [-0.39, 0.29) is 11.8 Å². The van der Waals surface area contributed by atoms with E-state index in [1.807, 2.05) is 0 Å². The molecular formula is C48H36N4. The Balaban J connectivity index is 1.08. The average Bonchev–Trinajstić information content (AvgIpc) is 3.55. The van der Waals surface area contributed by atoms with Crippen LogP contribution >= 0.6 is 0 Å². The third-order valence-electron chi connectivity index (χ3n) is 13.6. The summed E-state index contributed by atoms with van der Waals surface area (Å²) in [6.45, 7) is 0. The van der Waals surface area contributed by atoms with Crippen molar-refractivity contribution in [1.29, 1.82) is 0 Å². The minimum absolute atomic E-state index is 0.230. The number of aromatic nitrogens is 4. The van der Waals surface area contributed by atoms with Crippen LogP contribution in [-0.4, -0.2) is 19.9 Å². The Morgan fingerprint density at radius 2 is 0.808 bits per heavy atom. The molecule has 0 saturated carbocycles. The fraction of sp³-hybridized carbons (Fsp3) is 0.250. The van der Waals surface area contributed by atoms with E-state index in [1.54, 1.807) is 11.1 Å². The first-order valence-corrected chi connectivity index (χ1v) is 19.3. The lowest BCUT2D eigenvalue weighted by Gasteiger charge is -2.29. The lowest BCUT2D eigenvalue weighted by molar-refractivity contribution is 0.713. The average molecular weight is 669 g/mol. The van der Waals surface area contributed by atoms with E-state index in [2.05, 4.69) is 97.1 Å². The second-order valence-corrected chi connectivity index (χ2v) is 16.4. The van der Waals surface area contributed by atoms with Crippen molar-refractivity contribution in [2.75, 3.05) is 0 Å². The molecule has 0 amide bonds. The first-order chi connectivity index (χ1) is 25.7. The quantitative estimate of drug-likeness (QED) is 0.187. The highest BCUT2D eigenvalue weighted by Gasteiger charge is 2.40. The van der Waals surface area contributed by atoms with Gasteiger partial charge in [0.15, 0.2) is 0 Å². The standard InChI is InChI=1S/C48H36N4/c1-2-6-42-41(5-1)49-45-37-21-25-9-10-27-23-39-35-17-31(27)13-29(25)15-33(37)19-34-16-30-14-32-18-36(20-35)40(48-47(39)51-43-7-3-4-8-44(43)52-48)24-28(32)12-11-26(30)22-38(34)46(45)50-42/h1-12,15-18,25,28,38-39H,13-14,19-24H2. The van der Waals surface area contributed by atoms with Gasteiger partial charge in [-0.05, 0) is 120 Å². The van der Waals surface area contributed by atoms with Gasteiger partial charge in [-0.1, -0.05) is 95.2 Å². The summed E-state index contributed by atoms with van der Waals surface area (Å²) in [6, 6.07) is 16.9. The Bertz CT molecular complexity index is 2560. The van der Waals surface area contributed by atoms with Crippen LogP contribution in [0, 0.1) is 11.8 Å². The number of fused-ring (bicyclic) bond motifs is 8. The van der Waals surface area contributed by atoms with Gasteiger partial charge in [-0.15, -0.1) is 0 Å². The van der Waals surface area contributed by atoms with Gasteiger partial charge in [-0.3, -0.25) is 0 Å². The maximum Gasteiger partial charge on any atom is 0.0894 e. The normalized spacial score (nSPS) is 27.4. The molecule has 0 aliphatic heterocycles. The van der Waals surface area contributed by atoms with Crippen molar-refractivity contribution in [3.05, 3.63) is 176 Å². The maximum absolute atomic E-state index is 5.48. The van der Waals surface area contributed by atoms with Crippen molar-refractivity contribution in [2.24, 2.45) is 11.8 Å². The molecule has 0 spiro atoms. The van der Waals surface area contributed by atoms with Crippen molar-refractivity contribution in [1.82, 2.24) is 19.9 Å². The highest BCUT2D eigenvalue weighted by Crippen LogP contribution is 2.55. The summed E-state index contributed by atoms with van der Waals surface area (Å²) >= 11 is 0. The number of hydrogen-bond donors (Lipinski definition) is 0. The summed E-state index contributed by atoms with van der Waals surface area (Å²) in [4.78, 5) is 21.9. The maximum atomic E-state index is 5.48. The van der Waals surface area contributed by atoms with Crippen LogP contribution in [0.25, 0.3) is 33.2 Å². The summed E-state index contributed by atoms with van der Waals surface area (Å²) in [5.41, 5.74) is 26.4. The second kappa shape index (κ2) is 10.1. The molecule has 4 heteroatoms. The minimum Gasteiger partial charge on any atom is -0.248 e. The Morgan fingerprint density at radius 1 is 0.404 bits per heavy atom. The number of benzene rings is 2. The Kier molecular flexibility index (Phi) is 5.47. The zero-order valence-corrected chi connectivity index (χ0v) is 29.0. The van der Waals surface area contributed by atoms with Crippen LogP contribution in [0.5, 0.6) is 0 Å². The van der Waals surface area contributed by atoms with Crippen LogP contribution in [0.2, 0.25) is 0 Å². The summed E-state index contributed by atoms with van der Waals surface area (Å²) in [5.74, 6) is 1.16. The molecule has 52 heavy (non-hydrogen) atoms. The van der Waals surface area contributed by atoms with E-state index < -0.39 is 0 Å². The predicted molar refractivity (Wildman–Crippen MR) is 207 cm³/mol. The van der Waals surface area contributed by atoms with Crippen molar-refractivity contribution in [2.45, 2.75) is 63.2 Å². The zero-order valence-electron chi connectivity index (χ0n) is 29.0.